The van der Waals surface area contributed by atoms with Gasteiger partial charge in [-0.25, -0.2) is 4.79 Å². The molecule has 2 fully saturated rings. The van der Waals surface area contributed by atoms with Crippen LogP contribution in [-0.2, 0) is 9.47 Å². The molecule has 1 amide bonds. The van der Waals surface area contributed by atoms with Crippen LogP contribution in [0.2, 0.25) is 0 Å². The van der Waals surface area contributed by atoms with E-state index in [-0.39, 0.29) is 18.2 Å². The van der Waals surface area contributed by atoms with E-state index in [1.54, 1.807) is 4.90 Å². The van der Waals surface area contributed by atoms with Crippen LogP contribution in [0.1, 0.15) is 0 Å². The molecule has 0 bridgehead atoms. The van der Waals surface area contributed by atoms with Crippen LogP contribution in [0, 0.1) is 0 Å². The molecule has 68 valence electrons. The lowest BCUT2D eigenvalue weighted by atomic mass is 10.2. The fraction of sp³-hybridized carbons (Fsp3) is 0.857. The van der Waals surface area contributed by atoms with E-state index in [9.17, 15) is 4.79 Å². The summed E-state index contributed by atoms with van der Waals surface area (Å²) >= 11 is 0. The summed E-state index contributed by atoms with van der Waals surface area (Å²) in [5.74, 6) is 0. The predicted octanol–water partition coefficient (Wildman–Crippen LogP) is -0.835. The van der Waals surface area contributed by atoms with Gasteiger partial charge in [0.05, 0.1) is 19.3 Å². The highest BCUT2D eigenvalue weighted by molar-refractivity contribution is 5.70. The summed E-state index contributed by atoms with van der Waals surface area (Å²) in [5, 5.41) is 0. The Morgan fingerprint density at radius 2 is 2.42 bits per heavy atom. The van der Waals surface area contributed by atoms with Gasteiger partial charge in [0.2, 0.25) is 0 Å². The lowest BCUT2D eigenvalue weighted by molar-refractivity contribution is 0.0888. The summed E-state index contributed by atoms with van der Waals surface area (Å²) in [7, 11) is 0. The van der Waals surface area contributed by atoms with Crippen molar-refractivity contribution < 1.29 is 14.3 Å². The van der Waals surface area contributed by atoms with Gasteiger partial charge >= 0.3 is 6.09 Å². The van der Waals surface area contributed by atoms with Crippen LogP contribution < -0.4 is 5.73 Å². The van der Waals surface area contributed by atoms with Gasteiger partial charge in [-0.3, -0.25) is 4.90 Å². The second-order valence-corrected chi connectivity index (χ2v) is 3.01. The van der Waals surface area contributed by atoms with E-state index < -0.39 is 0 Å². The highest BCUT2D eigenvalue weighted by Crippen LogP contribution is 2.24. The van der Waals surface area contributed by atoms with Gasteiger partial charge in [-0.15, -0.1) is 0 Å². The number of amides is 1. The summed E-state index contributed by atoms with van der Waals surface area (Å²) in [6, 6.07) is 0.0982. The van der Waals surface area contributed by atoms with Crippen molar-refractivity contribution in [1.82, 2.24) is 4.90 Å². The Morgan fingerprint density at radius 1 is 1.58 bits per heavy atom. The van der Waals surface area contributed by atoms with Crippen LogP contribution >= 0.6 is 0 Å². The van der Waals surface area contributed by atoms with E-state index in [2.05, 4.69) is 0 Å². The number of rotatable bonds is 2. The first kappa shape index (κ1) is 7.82. The Hall–Kier alpha value is -0.810. The van der Waals surface area contributed by atoms with Crippen molar-refractivity contribution in [2.24, 2.45) is 5.73 Å². The third-order valence-electron chi connectivity index (χ3n) is 2.26. The molecule has 0 radical (unpaired) electrons. The lowest BCUT2D eigenvalue weighted by Gasteiger charge is -2.17. The van der Waals surface area contributed by atoms with Gasteiger partial charge in [0.15, 0.2) is 0 Å². The molecule has 2 aliphatic rings. The molecule has 5 heteroatoms. The standard InChI is InChI=1S/C7H12N2O3/c8-1-2-9-5-3-11-4-6(5)12-7(9)10/h5-6H,1-4,8H2/t5-,6-/m1/s1. The maximum absolute atomic E-state index is 11.2. The average Bonchev–Trinajstić information content (AvgIpc) is 2.56. The zero-order valence-corrected chi connectivity index (χ0v) is 6.73. The third kappa shape index (κ3) is 1.05. The van der Waals surface area contributed by atoms with Gasteiger partial charge in [-0.05, 0) is 0 Å². The number of fused-ring (bicyclic) bond motifs is 1. The summed E-state index contributed by atoms with van der Waals surface area (Å²) in [6.07, 6.45) is -0.317. The minimum absolute atomic E-state index is 0.0657. The van der Waals surface area contributed by atoms with Crippen molar-refractivity contribution in [1.29, 1.82) is 0 Å². The van der Waals surface area contributed by atoms with Gasteiger partial charge in [-0.1, -0.05) is 0 Å². The quantitative estimate of drug-likeness (QED) is 0.590. The van der Waals surface area contributed by atoms with Gasteiger partial charge in [-0.2, -0.15) is 0 Å². The summed E-state index contributed by atoms with van der Waals surface area (Å²) in [6.45, 7) is 2.13. The Kier molecular flexibility index (Phi) is 1.90. The molecular formula is C7H12N2O3. The lowest BCUT2D eigenvalue weighted by Crippen LogP contribution is -2.39. The van der Waals surface area contributed by atoms with Crippen LogP contribution in [0.25, 0.3) is 0 Å². The number of hydrogen-bond acceptors (Lipinski definition) is 4. The first-order valence-electron chi connectivity index (χ1n) is 4.08. The van der Waals surface area contributed by atoms with Crippen molar-refractivity contribution in [2.45, 2.75) is 12.1 Å². The number of nitrogens with two attached hydrogens (primary N) is 1. The smallest absolute Gasteiger partial charge is 0.410 e. The zero-order chi connectivity index (χ0) is 8.55. The van der Waals surface area contributed by atoms with Crippen LogP contribution in [0.5, 0.6) is 0 Å². The molecule has 0 unspecified atom stereocenters. The molecule has 0 spiro atoms. The highest BCUT2D eigenvalue weighted by atomic mass is 16.6. The largest absolute Gasteiger partial charge is 0.441 e. The molecule has 2 N–H and O–H groups in total. The summed E-state index contributed by atoms with van der Waals surface area (Å²) < 4.78 is 10.2. The van der Waals surface area contributed by atoms with Crippen molar-refractivity contribution in [2.75, 3.05) is 26.3 Å². The Labute approximate surface area is 70.4 Å². The molecule has 0 aliphatic carbocycles. The summed E-state index contributed by atoms with van der Waals surface area (Å²) in [5.41, 5.74) is 5.36. The molecule has 0 saturated carbocycles. The van der Waals surface area contributed by atoms with Crippen LogP contribution in [0.3, 0.4) is 0 Å². The number of carbonyl (C=O) groups is 1. The molecule has 2 saturated heterocycles. The second kappa shape index (κ2) is 2.91. The predicted molar refractivity (Wildman–Crippen MR) is 40.6 cm³/mol. The Balaban J connectivity index is 2.05. The van der Waals surface area contributed by atoms with E-state index in [4.69, 9.17) is 15.2 Å². The zero-order valence-electron chi connectivity index (χ0n) is 6.73. The second-order valence-electron chi connectivity index (χ2n) is 3.01. The molecule has 0 aromatic carbocycles. The molecule has 2 atom stereocenters. The van der Waals surface area contributed by atoms with Gasteiger partial charge in [0.25, 0.3) is 0 Å². The number of nitrogens with zero attached hydrogens (tertiary/aromatic N) is 1. The normalized spacial score (nSPS) is 33.8. The van der Waals surface area contributed by atoms with Gasteiger partial charge < -0.3 is 15.2 Å². The number of ether oxygens (including phenoxy) is 2. The SMILES string of the molecule is NCCN1C(=O)O[C@@H]2COC[C@H]21. The minimum Gasteiger partial charge on any atom is -0.441 e. The minimum atomic E-state index is -0.251. The fourth-order valence-electron chi connectivity index (χ4n) is 1.66. The number of hydrogen-bond donors (Lipinski definition) is 1. The molecule has 12 heavy (non-hydrogen) atoms. The van der Waals surface area contributed by atoms with E-state index in [1.165, 1.54) is 0 Å². The topological polar surface area (TPSA) is 64.8 Å². The molecule has 0 aromatic heterocycles. The van der Waals surface area contributed by atoms with Gasteiger partial charge in [0, 0.05) is 13.1 Å². The molecule has 0 aromatic rings. The van der Waals surface area contributed by atoms with Crippen molar-refractivity contribution in [3.63, 3.8) is 0 Å². The fourth-order valence-corrected chi connectivity index (χ4v) is 1.66. The first-order chi connectivity index (χ1) is 5.83. The molecule has 2 aliphatic heterocycles. The Morgan fingerprint density at radius 3 is 3.17 bits per heavy atom. The average molecular weight is 172 g/mol. The van der Waals surface area contributed by atoms with Crippen molar-refractivity contribution >= 4 is 6.09 Å². The molecule has 5 nitrogen and oxygen atoms in total. The van der Waals surface area contributed by atoms with Crippen LogP contribution in [0.4, 0.5) is 4.79 Å². The van der Waals surface area contributed by atoms with E-state index >= 15 is 0 Å². The molecule has 2 heterocycles. The maximum Gasteiger partial charge on any atom is 0.410 e. The van der Waals surface area contributed by atoms with Gasteiger partial charge in [0.1, 0.15) is 6.10 Å². The monoisotopic (exact) mass is 172 g/mol. The van der Waals surface area contributed by atoms with Crippen LogP contribution in [0.15, 0.2) is 0 Å². The van der Waals surface area contributed by atoms with E-state index in [0.717, 1.165) is 0 Å². The van der Waals surface area contributed by atoms with E-state index in [1.807, 2.05) is 0 Å². The number of carbonyl (C=O) groups excluding carboxylic acids is 1. The van der Waals surface area contributed by atoms with E-state index in [0.29, 0.717) is 26.3 Å². The summed E-state index contributed by atoms with van der Waals surface area (Å²) in [4.78, 5) is 12.8. The first-order valence-corrected chi connectivity index (χ1v) is 4.08. The molecular weight excluding hydrogens is 160 g/mol. The van der Waals surface area contributed by atoms with Crippen molar-refractivity contribution in [3.05, 3.63) is 0 Å². The van der Waals surface area contributed by atoms with Crippen LogP contribution in [-0.4, -0.2) is 49.4 Å². The third-order valence-corrected chi connectivity index (χ3v) is 2.26. The maximum atomic E-state index is 11.2. The molecule has 2 rings (SSSR count). The van der Waals surface area contributed by atoms with Crippen molar-refractivity contribution in [3.8, 4) is 0 Å². The Bertz CT molecular complexity index is 197. The highest BCUT2D eigenvalue weighted by Gasteiger charge is 2.44.